The van der Waals surface area contributed by atoms with Gasteiger partial charge in [0.15, 0.2) is 5.58 Å². The van der Waals surface area contributed by atoms with Crippen molar-refractivity contribution in [3.8, 4) is 5.69 Å². The number of rotatable bonds is 5. The molecule has 0 bridgehead atoms. The molecule has 8 nitrogen and oxygen atoms in total. The molecule has 2 unspecified atom stereocenters. The quantitative estimate of drug-likeness (QED) is 0.492. The van der Waals surface area contributed by atoms with Crippen LogP contribution in [0.2, 0.25) is 0 Å². The van der Waals surface area contributed by atoms with Crippen molar-refractivity contribution in [2.24, 2.45) is 5.92 Å². The molecule has 3 heterocycles. The number of fused-ring (bicyclic) bond motifs is 1. The van der Waals surface area contributed by atoms with Crippen molar-refractivity contribution in [3.05, 3.63) is 65.7 Å². The molecule has 2 atom stereocenters. The van der Waals surface area contributed by atoms with Crippen LogP contribution in [0.4, 0.5) is 10.4 Å². The van der Waals surface area contributed by atoms with Gasteiger partial charge in [0, 0.05) is 19.2 Å². The molecule has 1 N–H and O–H groups in total. The number of hydrogen-bond acceptors (Lipinski definition) is 6. The lowest BCUT2D eigenvalue weighted by atomic mass is 9.90. The molecular weight excluding hydrogens is 423 g/mol. The number of anilines is 1. The number of hydrogen-bond donors (Lipinski definition) is 1. The maximum absolute atomic E-state index is 13.8. The second kappa shape index (κ2) is 8.65. The van der Waals surface area contributed by atoms with Crippen LogP contribution in [0.15, 0.2) is 53.2 Å². The normalized spacial score (nSPS) is 18.6. The molecule has 1 aliphatic rings. The van der Waals surface area contributed by atoms with E-state index in [0.29, 0.717) is 41.5 Å². The van der Waals surface area contributed by atoms with Crippen molar-refractivity contribution < 1.29 is 13.6 Å². The number of halogens is 1. The van der Waals surface area contributed by atoms with Crippen LogP contribution in [0.3, 0.4) is 0 Å². The third kappa shape index (κ3) is 4.18. The van der Waals surface area contributed by atoms with Crippen LogP contribution in [0.5, 0.6) is 0 Å². The number of aromatic nitrogens is 4. The molecule has 5 rings (SSSR count). The first kappa shape index (κ1) is 21.1. The topological polar surface area (TPSA) is 89.1 Å². The van der Waals surface area contributed by atoms with Crippen LogP contribution in [0.1, 0.15) is 35.7 Å². The summed E-state index contributed by atoms with van der Waals surface area (Å²) in [6, 6.07) is 10.2. The molecule has 33 heavy (non-hydrogen) atoms. The minimum absolute atomic E-state index is 0.0519. The van der Waals surface area contributed by atoms with Gasteiger partial charge in [0.2, 0.25) is 0 Å². The van der Waals surface area contributed by atoms with Crippen molar-refractivity contribution in [1.29, 1.82) is 0 Å². The maximum atomic E-state index is 13.8. The molecule has 1 amide bonds. The zero-order chi connectivity index (χ0) is 22.9. The van der Waals surface area contributed by atoms with E-state index in [0.717, 1.165) is 18.4 Å². The summed E-state index contributed by atoms with van der Waals surface area (Å²) >= 11 is 0. The monoisotopic (exact) mass is 448 g/mol. The summed E-state index contributed by atoms with van der Waals surface area (Å²) < 4.78 is 19.2. The number of benzene rings is 2. The minimum Gasteiger partial charge on any atom is -0.424 e. The van der Waals surface area contributed by atoms with E-state index in [-0.39, 0.29) is 23.7 Å². The van der Waals surface area contributed by atoms with E-state index >= 15 is 0 Å². The summed E-state index contributed by atoms with van der Waals surface area (Å²) in [7, 11) is 0. The highest BCUT2D eigenvalue weighted by molar-refractivity contribution is 5.98. The van der Waals surface area contributed by atoms with E-state index in [2.05, 4.69) is 27.4 Å². The Morgan fingerprint density at radius 3 is 2.85 bits per heavy atom. The summed E-state index contributed by atoms with van der Waals surface area (Å²) in [6.45, 7) is 5.25. The van der Waals surface area contributed by atoms with E-state index in [1.807, 2.05) is 30.0 Å². The second-order valence-corrected chi connectivity index (χ2v) is 8.54. The first-order chi connectivity index (χ1) is 16.0. The van der Waals surface area contributed by atoms with Gasteiger partial charge in [-0.2, -0.15) is 20.0 Å². The highest BCUT2D eigenvalue weighted by Crippen LogP contribution is 2.28. The lowest BCUT2D eigenvalue weighted by molar-refractivity contribution is 0.0539. The Morgan fingerprint density at radius 2 is 2.03 bits per heavy atom. The van der Waals surface area contributed by atoms with Crippen LogP contribution >= 0.6 is 0 Å². The third-order valence-corrected chi connectivity index (χ3v) is 6.21. The molecule has 0 saturated carbocycles. The molecule has 0 aliphatic carbocycles. The van der Waals surface area contributed by atoms with Crippen LogP contribution in [0.25, 0.3) is 16.8 Å². The number of piperidine rings is 1. The number of carbonyl (C=O) groups excluding carboxylic acids is 1. The van der Waals surface area contributed by atoms with Gasteiger partial charge in [0.05, 0.1) is 29.7 Å². The average Bonchev–Trinajstić information content (AvgIpc) is 3.47. The fourth-order valence-corrected chi connectivity index (χ4v) is 4.47. The molecule has 170 valence electrons. The standard InChI is InChI=1S/C24H25FN6O2/c1-15-5-7-20(31-27-9-10-28-31)18(12-15)23(32)30-11-3-4-16(2)21(30)14-26-24-29-19-13-17(25)6-8-22(19)33-24/h5-10,12-13,16,21H,3-4,11,14H2,1-2H3,(H,26,29). The Bertz CT molecular complexity index is 1290. The second-order valence-electron chi connectivity index (χ2n) is 8.54. The lowest BCUT2D eigenvalue weighted by Gasteiger charge is -2.40. The van der Waals surface area contributed by atoms with Crippen molar-refractivity contribution in [1.82, 2.24) is 24.9 Å². The van der Waals surface area contributed by atoms with Crippen molar-refractivity contribution >= 4 is 23.0 Å². The van der Waals surface area contributed by atoms with E-state index in [1.54, 1.807) is 18.5 Å². The van der Waals surface area contributed by atoms with Crippen LogP contribution in [-0.4, -0.2) is 49.9 Å². The number of oxazole rings is 1. The molecule has 1 fully saturated rings. The van der Waals surface area contributed by atoms with Gasteiger partial charge >= 0.3 is 0 Å². The SMILES string of the molecule is Cc1ccc(-n2nccn2)c(C(=O)N2CCCC(C)C2CNc2nc3cc(F)ccc3o2)c1. The molecule has 0 radical (unpaired) electrons. The smallest absolute Gasteiger partial charge is 0.295 e. The Hall–Kier alpha value is -3.75. The first-order valence-corrected chi connectivity index (χ1v) is 11.1. The van der Waals surface area contributed by atoms with Gasteiger partial charge in [-0.3, -0.25) is 4.79 Å². The zero-order valence-corrected chi connectivity index (χ0v) is 18.5. The van der Waals surface area contributed by atoms with Crippen LogP contribution in [0, 0.1) is 18.7 Å². The number of likely N-dealkylation sites (tertiary alicyclic amines) is 1. The Morgan fingerprint density at radius 1 is 1.21 bits per heavy atom. The van der Waals surface area contributed by atoms with Gasteiger partial charge in [-0.25, -0.2) is 4.39 Å². The Kier molecular flexibility index (Phi) is 5.53. The lowest BCUT2D eigenvalue weighted by Crippen LogP contribution is -2.51. The van der Waals surface area contributed by atoms with Gasteiger partial charge in [-0.1, -0.05) is 18.6 Å². The van der Waals surface area contributed by atoms with Crippen molar-refractivity contribution in [2.45, 2.75) is 32.7 Å². The number of nitrogens with zero attached hydrogens (tertiary/aromatic N) is 5. The zero-order valence-electron chi connectivity index (χ0n) is 18.5. The molecule has 9 heteroatoms. The molecular formula is C24H25FN6O2. The summed E-state index contributed by atoms with van der Waals surface area (Å²) in [5, 5.41) is 11.7. The molecule has 1 aliphatic heterocycles. The first-order valence-electron chi connectivity index (χ1n) is 11.1. The summed E-state index contributed by atoms with van der Waals surface area (Å²) in [5.41, 5.74) is 3.19. The number of carbonyl (C=O) groups is 1. The van der Waals surface area contributed by atoms with E-state index in [1.165, 1.54) is 16.9 Å². The fraction of sp³-hybridized carbons (Fsp3) is 0.333. The van der Waals surface area contributed by atoms with Gasteiger partial charge in [0.25, 0.3) is 11.9 Å². The van der Waals surface area contributed by atoms with Gasteiger partial charge < -0.3 is 14.6 Å². The van der Waals surface area contributed by atoms with Crippen LogP contribution in [-0.2, 0) is 0 Å². The summed E-state index contributed by atoms with van der Waals surface area (Å²) in [6.07, 6.45) is 5.15. The predicted molar refractivity (Wildman–Crippen MR) is 122 cm³/mol. The fourth-order valence-electron chi connectivity index (χ4n) is 4.47. The van der Waals surface area contributed by atoms with Gasteiger partial charge in [-0.15, -0.1) is 0 Å². The average molecular weight is 449 g/mol. The molecule has 0 spiro atoms. The predicted octanol–water partition coefficient (Wildman–Crippen LogP) is 4.21. The maximum Gasteiger partial charge on any atom is 0.295 e. The molecule has 2 aromatic carbocycles. The van der Waals surface area contributed by atoms with Gasteiger partial charge in [0.1, 0.15) is 11.3 Å². The van der Waals surface area contributed by atoms with E-state index < -0.39 is 0 Å². The highest BCUT2D eigenvalue weighted by Gasteiger charge is 2.33. The Labute approximate surface area is 190 Å². The van der Waals surface area contributed by atoms with E-state index in [4.69, 9.17) is 4.42 Å². The van der Waals surface area contributed by atoms with Gasteiger partial charge in [-0.05, 0) is 49.9 Å². The Balaban J connectivity index is 1.40. The number of nitrogens with one attached hydrogen (secondary N) is 1. The third-order valence-electron chi connectivity index (χ3n) is 6.21. The summed E-state index contributed by atoms with van der Waals surface area (Å²) in [4.78, 5) is 21.5. The summed E-state index contributed by atoms with van der Waals surface area (Å²) in [5.74, 6) is -0.127. The van der Waals surface area contributed by atoms with Crippen molar-refractivity contribution in [2.75, 3.05) is 18.4 Å². The number of aryl methyl sites for hydroxylation is 1. The highest BCUT2D eigenvalue weighted by atomic mass is 19.1. The largest absolute Gasteiger partial charge is 0.424 e. The van der Waals surface area contributed by atoms with Crippen molar-refractivity contribution in [3.63, 3.8) is 0 Å². The molecule has 1 saturated heterocycles. The minimum atomic E-state index is -0.361. The van der Waals surface area contributed by atoms with E-state index in [9.17, 15) is 9.18 Å². The number of amides is 1. The molecule has 2 aromatic heterocycles. The molecule has 4 aromatic rings. The van der Waals surface area contributed by atoms with Crippen LogP contribution < -0.4 is 5.32 Å².